The number of nitrogens with one attached hydrogen (secondary N) is 1. The molecular formula is C11H14N2O2. The Kier molecular flexibility index (Phi) is 2.21. The number of rotatable bonds is 1. The number of fused-ring (bicyclic) bond motifs is 1. The van der Waals surface area contributed by atoms with Gasteiger partial charge in [0.15, 0.2) is 5.75 Å². The molecule has 1 aromatic heterocycles. The molecule has 2 aliphatic rings. The van der Waals surface area contributed by atoms with Crippen LogP contribution in [0.15, 0.2) is 12.3 Å². The van der Waals surface area contributed by atoms with Crippen molar-refractivity contribution in [1.29, 1.82) is 0 Å². The molecule has 0 bridgehead atoms. The van der Waals surface area contributed by atoms with E-state index in [9.17, 15) is 0 Å². The molecule has 0 saturated carbocycles. The van der Waals surface area contributed by atoms with E-state index in [-0.39, 0.29) is 0 Å². The van der Waals surface area contributed by atoms with Crippen LogP contribution in [-0.2, 0) is 0 Å². The first-order chi connectivity index (χ1) is 7.43. The summed E-state index contributed by atoms with van der Waals surface area (Å²) in [7, 11) is 0. The van der Waals surface area contributed by atoms with E-state index < -0.39 is 0 Å². The Labute approximate surface area is 88.6 Å². The third kappa shape index (κ3) is 1.65. The Morgan fingerprint density at radius 2 is 2.27 bits per heavy atom. The molecule has 0 amide bonds. The first-order valence-corrected chi connectivity index (χ1v) is 5.42. The highest BCUT2D eigenvalue weighted by atomic mass is 16.6. The highest BCUT2D eigenvalue weighted by Gasteiger charge is 2.20. The van der Waals surface area contributed by atoms with E-state index in [0.29, 0.717) is 25.1 Å². The minimum Gasteiger partial charge on any atom is -0.484 e. The van der Waals surface area contributed by atoms with Gasteiger partial charge in [0.05, 0.1) is 0 Å². The predicted octanol–water partition coefficient (Wildman–Crippen LogP) is 1.28. The lowest BCUT2D eigenvalue weighted by Crippen LogP contribution is -2.18. The van der Waals surface area contributed by atoms with Crippen molar-refractivity contribution in [3.63, 3.8) is 0 Å². The van der Waals surface area contributed by atoms with E-state index in [1.807, 2.05) is 12.3 Å². The fraction of sp³-hybridized carbons (Fsp3) is 0.545. The van der Waals surface area contributed by atoms with Gasteiger partial charge >= 0.3 is 0 Å². The highest BCUT2D eigenvalue weighted by molar-refractivity contribution is 5.38. The van der Waals surface area contributed by atoms with Gasteiger partial charge in [-0.25, -0.2) is 4.98 Å². The molecule has 0 spiro atoms. The van der Waals surface area contributed by atoms with Crippen LogP contribution in [0.5, 0.6) is 11.6 Å². The van der Waals surface area contributed by atoms with Crippen LogP contribution in [0.25, 0.3) is 0 Å². The second-order valence-electron chi connectivity index (χ2n) is 3.92. The monoisotopic (exact) mass is 206 g/mol. The van der Waals surface area contributed by atoms with Crippen molar-refractivity contribution in [2.45, 2.75) is 18.9 Å². The summed E-state index contributed by atoms with van der Waals surface area (Å²) in [5.41, 5.74) is 1.21. The lowest BCUT2D eigenvalue weighted by Gasteiger charge is -2.19. The van der Waals surface area contributed by atoms with Crippen molar-refractivity contribution in [3.05, 3.63) is 17.8 Å². The summed E-state index contributed by atoms with van der Waals surface area (Å²) in [6.45, 7) is 2.32. The first kappa shape index (κ1) is 8.97. The Hall–Kier alpha value is -1.29. The Balaban J connectivity index is 1.89. The minimum atomic E-state index is 0.438. The summed E-state index contributed by atoms with van der Waals surface area (Å²) in [6, 6.07) is 2.48. The Bertz CT molecular complexity index is 362. The largest absolute Gasteiger partial charge is 0.484 e. The van der Waals surface area contributed by atoms with E-state index in [0.717, 1.165) is 12.3 Å². The van der Waals surface area contributed by atoms with Crippen LogP contribution in [0, 0.1) is 0 Å². The van der Waals surface area contributed by atoms with Crippen molar-refractivity contribution in [3.8, 4) is 11.6 Å². The SMILES string of the molecule is c1nc2c(cc1C1CCCN1)OCCO2. The highest BCUT2D eigenvalue weighted by Crippen LogP contribution is 2.32. The van der Waals surface area contributed by atoms with Crippen LogP contribution in [0.4, 0.5) is 0 Å². The average Bonchev–Trinajstić information content (AvgIpc) is 2.82. The maximum absolute atomic E-state index is 5.51. The zero-order valence-corrected chi connectivity index (χ0v) is 8.53. The van der Waals surface area contributed by atoms with Gasteiger partial charge in [-0.05, 0) is 31.0 Å². The molecule has 3 heterocycles. The summed E-state index contributed by atoms with van der Waals surface area (Å²) in [5, 5.41) is 3.44. The summed E-state index contributed by atoms with van der Waals surface area (Å²) in [5.74, 6) is 1.41. The van der Waals surface area contributed by atoms with Gasteiger partial charge in [-0.1, -0.05) is 0 Å². The smallest absolute Gasteiger partial charge is 0.257 e. The zero-order chi connectivity index (χ0) is 10.1. The fourth-order valence-electron chi connectivity index (χ4n) is 2.11. The lowest BCUT2D eigenvalue weighted by molar-refractivity contribution is 0.164. The number of aromatic nitrogens is 1. The molecule has 80 valence electrons. The van der Waals surface area contributed by atoms with Crippen molar-refractivity contribution in [1.82, 2.24) is 10.3 Å². The van der Waals surface area contributed by atoms with Crippen LogP contribution < -0.4 is 14.8 Å². The summed E-state index contributed by atoms with van der Waals surface area (Å²) < 4.78 is 10.9. The van der Waals surface area contributed by atoms with Gasteiger partial charge in [-0.15, -0.1) is 0 Å². The number of ether oxygens (including phenoxy) is 2. The van der Waals surface area contributed by atoms with Crippen LogP contribution in [0.3, 0.4) is 0 Å². The third-order valence-corrected chi connectivity index (χ3v) is 2.88. The lowest BCUT2D eigenvalue weighted by atomic mass is 10.1. The fourth-order valence-corrected chi connectivity index (χ4v) is 2.11. The van der Waals surface area contributed by atoms with Gasteiger partial charge in [-0.2, -0.15) is 0 Å². The molecule has 0 radical (unpaired) electrons. The summed E-state index contributed by atoms with van der Waals surface area (Å²) in [4.78, 5) is 4.28. The van der Waals surface area contributed by atoms with Gasteiger partial charge in [0.25, 0.3) is 5.88 Å². The molecule has 0 aromatic carbocycles. The second-order valence-corrected chi connectivity index (χ2v) is 3.92. The van der Waals surface area contributed by atoms with Crippen LogP contribution in [-0.4, -0.2) is 24.7 Å². The van der Waals surface area contributed by atoms with Gasteiger partial charge in [-0.3, -0.25) is 0 Å². The minimum absolute atomic E-state index is 0.438. The molecule has 1 N–H and O–H groups in total. The molecule has 2 aliphatic heterocycles. The summed E-state index contributed by atoms with van der Waals surface area (Å²) in [6.07, 6.45) is 4.30. The van der Waals surface area contributed by atoms with Crippen LogP contribution in [0.1, 0.15) is 24.4 Å². The summed E-state index contributed by atoms with van der Waals surface area (Å²) >= 11 is 0. The number of nitrogens with zero attached hydrogens (tertiary/aromatic N) is 1. The van der Waals surface area contributed by atoms with E-state index in [4.69, 9.17) is 9.47 Å². The van der Waals surface area contributed by atoms with Crippen molar-refractivity contribution >= 4 is 0 Å². The van der Waals surface area contributed by atoms with Gasteiger partial charge in [0.2, 0.25) is 0 Å². The maximum atomic E-state index is 5.51. The normalized spacial score (nSPS) is 24.1. The standard InChI is InChI=1S/C11H14N2O2/c1-2-9(12-3-1)8-6-10-11(13-7-8)15-5-4-14-10/h6-7,9,12H,1-5H2. The molecule has 4 heteroatoms. The van der Waals surface area contributed by atoms with Gasteiger partial charge < -0.3 is 14.8 Å². The van der Waals surface area contributed by atoms with Gasteiger partial charge in [0.1, 0.15) is 13.2 Å². The third-order valence-electron chi connectivity index (χ3n) is 2.88. The van der Waals surface area contributed by atoms with Crippen LogP contribution >= 0.6 is 0 Å². The van der Waals surface area contributed by atoms with Gasteiger partial charge in [0, 0.05) is 12.2 Å². The molecule has 15 heavy (non-hydrogen) atoms. The molecule has 1 saturated heterocycles. The molecular weight excluding hydrogens is 192 g/mol. The zero-order valence-electron chi connectivity index (χ0n) is 8.53. The predicted molar refractivity (Wildman–Crippen MR) is 55.2 cm³/mol. The first-order valence-electron chi connectivity index (χ1n) is 5.42. The quantitative estimate of drug-likeness (QED) is 0.751. The topological polar surface area (TPSA) is 43.4 Å². The molecule has 3 rings (SSSR count). The molecule has 1 unspecified atom stereocenters. The second kappa shape index (κ2) is 3.70. The van der Waals surface area contributed by atoms with Crippen molar-refractivity contribution < 1.29 is 9.47 Å². The van der Waals surface area contributed by atoms with Crippen molar-refractivity contribution in [2.75, 3.05) is 19.8 Å². The van der Waals surface area contributed by atoms with Crippen LogP contribution in [0.2, 0.25) is 0 Å². The number of hydrogen-bond donors (Lipinski definition) is 1. The maximum Gasteiger partial charge on any atom is 0.257 e. The van der Waals surface area contributed by atoms with E-state index in [1.165, 1.54) is 18.4 Å². The van der Waals surface area contributed by atoms with E-state index >= 15 is 0 Å². The molecule has 1 atom stereocenters. The molecule has 1 fully saturated rings. The Morgan fingerprint density at radius 3 is 3.13 bits per heavy atom. The molecule has 1 aromatic rings. The number of hydrogen-bond acceptors (Lipinski definition) is 4. The molecule has 4 nitrogen and oxygen atoms in total. The number of pyridine rings is 1. The average molecular weight is 206 g/mol. The molecule has 0 aliphatic carbocycles. The van der Waals surface area contributed by atoms with E-state index in [2.05, 4.69) is 10.3 Å². The van der Waals surface area contributed by atoms with Crippen molar-refractivity contribution in [2.24, 2.45) is 0 Å². The Morgan fingerprint density at radius 1 is 1.33 bits per heavy atom. The van der Waals surface area contributed by atoms with E-state index in [1.54, 1.807) is 0 Å².